The lowest BCUT2D eigenvalue weighted by Gasteiger charge is -2.45. The first-order valence-corrected chi connectivity index (χ1v) is 26.8. The molecule has 3 heteroatoms. The molecular formula is C68H73BN2. The van der Waals surface area contributed by atoms with Crippen LogP contribution < -0.4 is 26.2 Å². The average Bonchev–Trinajstić information content (AvgIpc) is 3.80. The van der Waals surface area contributed by atoms with E-state index in [1.807, 2.05) is 0 Å². The van der Waals surface area contributed by atoms with Gasteiger partial charge in [-0.2, -0.15) is 0 Å². The Labute approximate surface area is 426 Å². The Bertz CT molecular complexity index is 3530. The van der Waals surface area contributed by atoms with Crippen molar-refractivity contribution in [2.75, 3.05) is 9.80 Å². The fraction of sp³-hybridized carbons (Fsp3) is 0.382. The molecule has 358 valence electrons. The zero-order valence-corrected chi connectivity index (χ0v) is 45.6. The van der Waals surface area contributed by atoms with Crippen LogP contribution in [0.4, 0.5) is 34.1 Å². The molecule has 0 amide bonds. The molecule has 0 fully saturated rings. The number of hydrogen-bond acceptors (Lipinski definition) is 2. The zero-order chi connectivity index (χ0) is 50.1. The summed E-state index contributed by atoms with van der Waals surface area (Å²) in [5, 5.41) is 0. The van der Waals surface area contributed by atoms with Gasteiger partial charge >= 0.3 is 0 Å². The highest BCUT2D eigenvalue weighted by Gasteiger charge is 2.50. The van der Waals surface area contributed by atoms with Crippen molar-refractivity contribution in [1.29, 1.82) is 0 Å². The van der Waals surface area contributed by atoms with Crippen LogP contribution in [0.15, 0.2) is 115 Å². The molecule has 7 aromatic carbocycles. The fourth-order valence-corrected chi connectivity index (χ4v) is 16.8. The monoisotopic (exact) mass is 929 g/mol. The number of hydrogen-bond donors (Lipinski definition) is 0. The first-order valence-electron chi connectivity index (χ1n) is 26.8. The van der Waals surface area contributed by atoms with Crippen molar-refractivity contribution in [3.63, 3.8) is 0 Å². The van der Waals surface area contributed by atoms with Crippen LogP contribution in [0.1, 0.15) is 172 Å². The smallest absolute Gasteiger partial charge is 0.252 e. The van der Waals surface area contributed by atoms with Gasteiger partial charge < -0.3 is 9.80 Å². The van der Waals surface area contributed by atoms with Crippen molar-refractivity contribution in [2.24, 2.45) is 0 Å². The number of benzene rings is 7. The van der Waals surface area contributed by atoms with Crippen molar-refractivity contribution in [3.05, 3.63) is 171 Å². The lowest BCUT2D eigenvalue weighted by Crippen LogP contribution is -2.61. The third-order valence-corrected chi connectivity index (χ3v) is 19.1. The lowest BCUT2D eigenvalue weighted by atomic mass is 9.33. The van der Waals surface area contributed by atoms with Crippen LogP contribution in [-0.4, -0.2) is 6.71 Å². The average molecular weight is 929 g/mol. The molecule has 2 heterocycles. The molecule has 0 aromatic heterocycles. The minimum absolute atomic E-state index is 0.0123. The van der Waals surface area contributed by atoms with Gasteiger partial charge in [0.15, 0.2) is 0 Å². The Morgan fingerprint density at radius 3 is 1.56 bits per heavy atom. The maximum atomic E-state index is 2.71. The summed E-state index contributed by atoms with van der Waals surface area (Å²) in [6.45, 7) is 39.1. The summed E-state index contributed by atoms with van der Waals surface area (Å²) in [5.74, 6) is 0. The van der Waals surface area contributed by atoms with Gasteiger partial charge in [0, 0.05) is 39.5 Å². The van der Waals surface area contributed by atoms with E-state index in [4.69, 9.17) is 0 Å². The fourth-order valence-electron chi connectivity index (χ4n) is 16.8. The molecule has 0 N–H and O–H groups in total. The molecule has 6 aliphatic rings. The quantitative estimate of drug-likeness (QED) is 0.163. The third kappa shape index (κ3) is 6.02. The highest BCUT2D eigenvalue weighted by molar-refractivity contribution is 7.00. The van der Waals surface area contributed by atoms with Crippen LogP contribution in [0.3, 0.4) is 0 Å². The summed E-state index contributed by atoms with van der Waals surface area (Å²) < 4.78 is 0. The molecule has 0 saturated heterocycles. The van der Waals surface area contributed by atoms with Crippen LogP contribution in [0.2, 0.25) is 0 Å². The zero-order valence-electron chi connectivity index (χ0n) is 45.6. The first kappa shape index (κ1) is 45.1. The summed E-state index contributed by atoms with van der Waals surface area (Å²) in [7, 11) is 0. The van der Waals surface area contributed by atoms with Crippen molar-refractivity contribution in [1.82, 2.24) is 0 Å². The summed E-state index contributed by atoms with van der Waals surface area (Å²) in [5.41, 5.74) is 32.1. The molecule has 0 spiro atoms. The molecule has 0 radical (unpaired) electrons. The molecule has 13 rings (SSSR count). The summed E-state index contributed by atoms with van der Waals surface area (Å²) >= 11 is 0. The summed E-state index contributed by atoms with van der Waals surface area (Å²) in [6.07, 6.45) is 3.40. The Balaban J connectivity index is 1.14. The number of nitrogens with zero attached hydrogens (tertiary/aromatic N) is 2. The van der Waals surface area contributed by atoms with Gasteiger partial charge in [-0.05, 0) is 202 Å². The minimum Gasteiger partial charge on any atom is -0.311 e. The van der Waals surface area contributed by atoms with Crippen molar-refractivity contribution in [2.45, 2.75) is 168 Å². The predicted molar refractivity (Wildman–Crippen MR) is 305 cm³/mol. The molecule has 7 aromatic rings. The van der Waals surface area contributed by atoms with E-state index in [1.165, 1.54) is 128 Å². The summed E-state index contributed by atoms with van der Waals surface area (Å²) in [6, 6.07) is 46.9. The van der Waals surface area contributed by atoms with Crippen molar-refractivity contribution in [3.8, 4) is 22.3 Å². The van der Waals surface area contributed by atoms with E-state index < -0.39 is 0 Å². The van der Waals surface area contributed by atoms with E-state index in [9.17, 15) is 0 Å². The molecular weight excluding hydrogens is 856 g/mol. The third-order valence-electron chi connectivity index (χ3n) is 19.1. The summed E-state index contributed by atoms with van der Waals surface area (Å²) in [4.78, 5) is 5.41. The van der Waals surface area contributed by atoms with Crippen LogP contribution >= 0.6 is 0 Å². The topological polar surface area (TPSA) is 6.48 Å². The normalized spacial score (nSPS) is 20.6. The van der Waals surface area contributed by atoms with Gasteiger partial charge in [-0.15, -0.1) is 0 Å². The van der Waals surface area contributed by atoms with E-state index in [0.717, 1.165) is 19.3 Å². The van der Waals surface area contributed by atoms with E-state index in [1.54, 1.807) is 0 Å². The molecule has 0 bridgehead atoms. The maximum absolute atomic E-state index is 2.71. The molecule has 2 nitrogen and oxygen atoms in total. The SMILES string of the molecule is Cc1cc2c3c(c1)N(c1cc4c(cc1C)C(C)(C)CC4(C)C)c1ccc(-c4cccc5c4-c4ccccc4C5(C)C)cc1B3c1cc3c(cc1N2c1ccc2c(c1)C(C)(C)CC2(C)C)C(C)(C)CC3(C)C. The molecule has 0 atom stereocenters. The highest BCUT2D eigenvalue weighted by Crippen LogP contribution is 2.58. The van der Waals surface area contributed by atoms with Gasteiger partial charge in [-0.25, -0.2) is 0 Å². The van der Waals surface area contributed by atoms with Gasteiger partial charge in [-0.3, -0.25) is 0 Å². The lowest BCUT2D eigenvalue weighted by molar-refractivity contribution is 0.402. The number of anilines is 6. The van der Waals surface area contributed by atoms with Crippen LogP contribution in [0.25, 0.3) is 22.3 Å². The second kappa shape index (κ2) is 13.8. The van der Waals surface area contributed by atoms with Gasteiger partial charge in [-0.1, -0.05) is 170 Å². The van der Waals surface area contributed by atoms with Gasteiger partial charge in [0.2, 0.25) is 0 Å². The number of rotatable bonds is 3. The largest absolute Gasteiger partial charge is 0.311 e. The van der Waals surface area contributed by atoms with Crippen LogP contribution in [-0.2, 0) is 37.9 Å². The van der Waals surface area contributed by atoms with E-state index in [0.29, 0.717) is 0 Å². The Hall–Kier alpha value is -5.80. The number of fused-ring (bicyclic) bond motifs is 10. The van der Waals surface area contributed by atoms with Crippen LogP contribution in [0, 0.1) is 13.8 Å². The first-order chi connectivity index (χ1) is 33.2. The molecule has 71 heavy (non-hydrogen) atoms. The molecule has 0 saturated carbocycles. The Morgan fingerprint density at radius 2 is 0.901 bits per heavy atom. The van der Waals surface area contributed by atoms with E-state index in [-0.39, 0.29) is 44.6 Å². The van der Waals surface area contributed by atoms with E-state index >= 15 is 0 Å². The standard InChI is InChI=1S/C68H73BN2/c1-39-28-58-61-59(29-39)71(56-34-51-48(30-40(56)2)63(5,6)37-66(51,11)12)55-27-24-41(43-21-19-23-47-60(43)44-20-17-18-22-45(44)68(47,15)16)31-53(55)69(61)54-33-50-52(67(13,14)38-65(50,9)10)35-57(54)70(58)42-25-26-46-49(32-42)64(7,8)36-62(46,3)4/h17-35H,36-38H2,1-16H3. The number of aryl methyl sites for hydroxylation is 2. The Morgan fingerprint density at radius 1 is 0.380 bits per heavy atom. The second-order valence-electron chi connectivity index (χ2n) is 27.7. The van der Waals surface area contributed by atoms with Crippen molar-refractivity contribution < 1.29 is 0 Å². The Kier molecular flexibility index (Phi) is 8.78. The van der Waals surface area contributed by atoms with Crippen LogP contribution in [0.5, 0.6) is 0 Å². The predicted octanol–water partition coefficient (Wildman–Crippen LogP) is 16.2. The molecule has 2 aliphatic heterocycles. The van der Waals surface area contributed by atoms with E-state index in [2.05, 4.69) is 236 Å². The van der Waals surface area contributed by atoms with Crippen molar-refractivity contribution >= 4 is 57.2 Å². The molecule has 0 unspecified atom stereocenters. The molecule has 4 aliphatic carbocycles. The van der Waals surface area contributed by atoms with Gasteiger partial charge in [0.25, 0.3) is 6.71 Å². The second-order valence-corrected chi connectivity index (χ2v) is 27.7. The maximum Gasteiger partial charge on any atom is 0.252 e. The highest BCUT2D eigenvalue weighted by atomic mass is 15.2. The minimum atomic E-state index is -0.0820. The van der Waals surface area contributed by atoms with Gasteiger partial charge in [0.05, 0.1) is 0 Å². The van der Waals surface area contributed by atoms with Gasteiger partial charge in [0.1, 0.15) is 0 Å².